The number of methoxy groups -OCH3 is 2. The summed E-state index contributed by atoms with van der Waals surface area (Å²) in [5.74, 6) is 1.76. The Morgan fingerprint density at radius 2 is 1.27 bits per heavy atom. The molecular weight excluding hydrogens is 881 g/mol. The van der Waals surface area contributed by atoms with Gasteiger partial charge in [-0.05, 0) is 154 Å². The van der Waals surface area contributed by atoms with Crippen LogP contribution in [0.15, 0.2) is 71.8 Å². The molecule has 4 amide bonds. The fraction of sp³-hybridized carbons (Fsp3) is 0.536. The molecule has 0 unspecified atom stereocenters. The standard InChI is InChI=1S/C56H76N8O6/c1-11-38-21-23-39(37(8)40-24-26-43-45(31-40)59-51(57-43)47-16-12-14-28-63(47)53(65)49(33(2)3)61-55(67)69-9)22-19-35(6)18-20-36(7)42(30-38)41-25-27-44-46(32-41)60-52(58-44)48-17-13-15-29-64(48)54(66)50(34(4)5)62-56(68)70-10/h11,19,22,24-27,30-36,47-50H,12-18,20-21,23,28-29H2,1-10H3,(H,57,59)(H,58,60)(H,61,67)(H,62,68)/b22-19-,38-11-,39-37-,42-30+/t35-,36-,47+,48+,49+,50+/m1/s1. The molecule has 4 aromatic rings. The van der Waals surface area contributed by atoms with E-state index in [1.807, 2.05) is 37.5 Å². The maximum Gasteiger partial charge on any atom is 0.407 e. The molecule has 0 saturated carbocycles. The minimum atomic E-state index is -0.698. The van der Waals surface area contributed by atoms with Gasteiger partial charge in [0.15, 0.2) is 0 Å². The van der Waals surface area contributed by atoms with E-state index in [2.05, 4.69) is 109 Å². The van der Waals surface area contributed by atoms with Crippen molar-refractivity contribution >= 4 is 57.2 Å². The number of fused-ring (bicyclic) bond motifs is 2. The van der Waals surface area contributed by atoms with Crippen molar-refractivity contribution in [3.8, 4) is 0 Å². The van der Waals surface area contributed by atoms with E-state index in [1.165, 1.54) is 36.5 Å². The lowest BCUT2D eigenvalue weighted by atomic mass is 9.85. The van der Waals surface area contributed by atoms with Crippen LogP contribution in [0.4, 0.5) is 9.59 Å². The monoisotopic (exact) mass is 957 g/mol. The van der Waals surface area contributed by atoms with Crippen molar-refractivity contribution in [3.63, 3.8) is 0 Å². The highest BCUT2D eigenvalue weighted by Gasteiger charge is 2.38. The summed E-state index contributed by atoms with van der Waals surface area (Å²) < 4.78 is 9.71. The van der Waals surface area contributed by atoms with Gasteiger partial charge in [-0.15, -0.1) is 0 Å². The van der Waals surface area contributed by atoms with Crippen molar-refractivity contribution in [1.29, 1.82) is 0 Å². The summed E-state index contributed by atoms with van der Waals surface area (Å²) in [5.41, 5.74) is 10.9. The number of piperidine rings is 2. The third kappa shape index (κ3) is 11.9. The number of nitrogens with zero attached hydrogens (tertiary/aromatic N) is 4. The van der Waals surface area contributed by atoms with Crippen molar-refractivity contribution in [3.05, 3.63) is 94.6 Å². The highest BCUT2D eigenvalue weighted by atomic mass is 16.5. The van der Waals surface area contributed by atoms with Gasteiger partial charge in [-0.3, -0.25) is 9.59 Å². The highest BCUT2D eigenvalue weighted by molar-refractivity contribution is 5.88. The lowest BCUT2D eigenvalue weighted by molar-refractivity contribution is -0.139. The van der Waals surface area contributed by atoms with Gasteiger partial charge >= 0.3 is 12.2 Å². The molecule has 70 heavy (non-hydrogen) atoms. The smallest absolute Gasteiger partial charge is 0.407 e. The van der Waals surface area contributed by atoms with E-state index in [9.17, 15) is 19.2 Å². The van der Waals surface area contributed by atoms with E-state index in [0.717, 1.165) is 109 Å². The van der Waals surface area contributed by atoms with Crippen LogP contribution in [-0.4, -0.2) is 93.1 Å². The summed E-state index contributed by atoms with van der Waals surface area (Å²) in [5, 5.41) is 5.53. The third-order valence-electron chi connectivity index (χ3n) is 14.8. The van der Waals surface area contributed by atoms with Crippen molar-refractivity contribution < 1.29 is 28.7 Å². The topological polar surface area (TPSA) is 175 Å². The first-order chi connectivity index (χ1) is 33.6. The van der Waals surface area contributed by atoms with Gasteiger partial charge in [-0.25, -0.2) is 19.6 Å². The summed E-state index contributed by atoms with van der Waals surface area (Å²) in [7, 11) is 2.62. The van der Waals surface area contributed by atoms with Gasteiger partial charge in [0.2, 0.25) is 11.8 Å². The number of ether oxygens (including phenoxy) is 2. The van der Waals surface area contributed by atoms with Crippen molar-refractivity contribution in [2.24, 2.45) is 23.7 Å². The quantitative estimate of drug-likeness (QED) is 0.121. The largest absolute Gasteiger partial charge is 0.453 e. The third-order valence-corrected chi connectivity index (χ3v) is 14.8. The first kappa shape index (κ1) is 51.7. The number of imidazole rings is 2. The summed E-state index contributed by atoms with van der Waals surface area (Å²) in [6, 6.07) is 11.1. The molecule has 3 aliphatic rings. The number of likely N-dealkylation sites (tertiary alicyclic amines) is 2. The molecule has 4 N–H and O–H groups in total. The zero-order chi connectivity index (χ0) is 50.2. The number of hydrogen-bond acceptors (Lipinski definition) is 8. The highest BCUT2D eigenvalue weighted by Crippen LogP contribution is 2.37. The lowest BCUT2D eigenvalue weighted by Gasteiger charge is -2.37. The van der Waals surface area contributed by atoms with Crippen LogP contribution in [0.25, 0.3) is 33.2 Å². The van der Waals surface area contributed by atoms with Crippen LogP contribution in [0.3, 0.4) is 0 Å². The Morgan fingerprint density at radius 1 is 0.729 bits per heavy atom. The van der Waals surface area contributed by atoms with Gasteiger partial charge in [0.05, 0.1) is 48.4 Å². The maximum atomic E-state index is 14.0. The molecule has 4 heterocycles. The Hall–Kier alpha value is -6.18. The number of aromatic nitrogens is 4. The Bertz CT molecular complexity index is 2650. The molecule has 2 aromatic heterocycles. The molecule has 2 aromatic carbocycles. The zero-order valence-corrected chi connectivity index (χ0v) is 43.1. The molecule has 14 nitrogen and oxygen atoms in total. The number of rotatable bonds is 10. The molecule has 7 rings (SSSR count). The van der Waals surface area contributed by atoms with Crippen LogP contribution in [-0.2, 0) is 19.1 Å². The fourth-order valence-electron chi connectivity index (χ4n) is 10.4. The zero-order valence-electron chi connectivity index (χ0n) is 43.1. The van der Waals surface area contributed by atoms with Crippen molar-refractivity contribution in [1.82, 2.24) is 40.4 Å². The molecular formula is C56H76N8O6. The van der Waals surface area contributed by atoms with E-state index in [0.29, 0.717) is 24.9 Å². The molecule has 2 aliphatic heterocycles. The second-order valence-corrected chi connectivity index (χ2v) is 20.4. The van der Waals surface area contributed by atoms with Crippen molar-refractivity contribution in [2.75, 3.05) is 27.3 Å². The van der Waals surface area contributed by atoms with Gasteiger partial charge < -0.3 is 39.9 Å². The van der Waals surface area contributed by atoms with Gasteiger partial charge in [0.1, 0.15) is 23.7 Å². The normalized spacial score (nSPS) is 24.1. The molecule has 376 valence electrons. The van der Waals surface area contributed by atoms with Crippen LogP contribution < -0.4 is 10.6 Å². The van der Waals surface area contributed by atoms with Crippen LogP contribution in [0.2, 0.25) is 0 Å². The predicted octanol–water partition coefficient (Wildman–Crippen LogP) is 11.5. The van der Waals surface area contributed by atoms with Gasteiger partial charge in [-0.2, -0.15) is 0 Å². The number of aromatic amines is 2. The second-order valence-electron chi connectivity index (χ2n) is 20.4. The maximum absolute atomic E-state index is 14.0. The first-order valence-corrected chi connectivity index (χ1v) is 25.6. The van der Waals surface area contributed by atoms with Crippen molar-refractivity contribution in [2.45, 2.75) is 144 Å². The number of carbonyl (C=O) groups is 4. The number of alkyl carbamates (subject to hydrolysis) is 2. The Kier molecular flexibility index (Phi) is 17.1. The van der Waals surface area contributed by atoms with E-state index >= 15 is 0 Å². The number of nitrogens with one attached hydrogen (secondary N) is 4. The molecule has 6 atom stereocenters. The summed E-state index contributed by atoms with van der Waals surface area (Å²) in [6.45, 7) is 17.9. The van der Waals surface area contributed by atoms with Gasteiger partial charge in [0, 0.05) is 13.1 Å². The molecule has 0 bridgehead atoms. The molecule has 1 aliphatic carbocycles. The Labute approximate surface area is 414 Å². The number of H-pyrrole nitrogens is 2. The number of allylic oxidation sites excluding steroid dienone is 8. The summed E-state index contributed by atoms with van der Waals surface area (Å²) in [6.07, 6.45) is 17.3. The lowest BCUT2D eigenvalue weighted by Crippen LogP contribution is -2.53. The average molecular weight is 957 g/mol. The summed E-state index contributed by atoms with van der Waals surface area (Å²) >= 11 is 0. The minimum Gasteiger partial charge on any atom is -0.453 e. The second kappa shape index (κ2) is 23.2. The summed E-state index contributed by atoms with van der Waals surface area (Å²) in [4.78, 5) is 73.5. The molecule has 2 fully saturated rings. The molecule has 0 spiro atoms. The fourth-order valence-corrected chi connectivity index (χ4v) is 10.4. The van der Waals surface area contributed by atoms with E-state index in [1.54, 1.807) is 0 Å². The number of benzene rings is 2. The molecule has 14 heteroatoms. The van der Waals surface area contributed by atoms with E-state index in [4.69, 9.17) is 19.4 Å². The average Bonchev–Trinajstić information content (AvgIpc) is 4.00. The SMILES string of the molecule is C/C=C1\C=C(\c2ccc3nc([C@@H]4CCCCN4C(=O)[C@@H](NC(=O)OC)C(C)C)[nH]c3c2)[C@H](C)CC[C@@H](C)/C=C\C(=C(/C)c2ccc3nc([C@@H]4CCCCN4C(=O)[C@@H](NC(=O)OC)C(C)C)[nH]c3c2)CC1. The number of hydrogen-bond donors (Lipinski definition) is 4. The van der Waals surface area contributed by atoms with Gasteiger partial charge in [0.25, 0.3) is 0 Å². The Balaban J connectivity index is 1.13. The van der Waals surface area contributed by atoms with Crippen LogP contribution in [0.1, 0.15) is 154 Å². The Morgan fingerprint density at radius 3 is 1.80 bits per heavy atom. The van der Waals surface area contributed by atoms with Crippen LogP contribution >= 0.6 is 0 Å². The van der Waals surface area contributed by atoms with Crippen LogP contribution in [0.5, 0.6) is 0 Å². The predicted molar refractivity (Wildman–Crippen MR) is 277 cm³/mol. The van der Waals surface area contributed by atoms with E-state index < -0.39 is 24.3 Å². The number of carbonyl (C=O) groups excluding carboxylic acids is 4. The van der Waals surface area contributed by atoms with Crippen LogP contribution in [0, 0.1) is 23.7 Å². The van der Waals surface area contributed by atoms with E-state index in [-0.39, 0.29) is 35.7 Å². The first-order valence-electron chi connectivity index (χ1n) is 25.6. The molecule has 2 saturated heterocycles. The number of amides is 4. The minimum absolute atomic E-state index is 0.113. The molecule has 0 radical (unpaired) electrons. The van der Waals surface area contributed by atoms with Gasteiger partial charge in [-0.1, -0.05) is 83.6 Å².